The second-order valence-corrected chi connectivity index (χ2v) is 6.77. The van der Waals surface area contributed by atoms with E-state index in [1.807, 2.05) is 20.1 Å². The molecule has 0 heterocycles. The van der Waals surface area contributed by atoms with Crippen LogP contribution in [0.5, 0.6) is 0 Å². The van der Waals surface area contributed by atoms with Crippen LogP contribution in [0.15, 0.2) is 51.3 Å². The first-order chi connectivity index (χ1) is 11.4. The molecule has 0 saturated heterocycles. The molecule has 126 valence electrons. The summed E-state index contributed by atoms with van der Waals surface area (Å²) in [7, 11) is 0. The van der Waals surface area contributed by atoms with Gasteiger partial charge in [-0.25, -0.2) is 14.4 Å². The minimum Gasteiger partial charge on any atom is -0.378 e. The number of nitrogens with zero attached hydrogens (tertiary/aromatic N) is 2. The minimum atomic E-state index is -0.432. The predicted octanol–water partition coefficient (Wildman–Crippen LogP) is 4.68. The maximum absolute atomic E-state index is 14.1. The molecule has 2 aromatic carbocycles. The van der Waals surface area contributed by atoms with E-state index in [0.29, 0.717) is 22.3 Å². The first kappa shape index (κ1) is 18.5. The van der Waals surface area contributed by atoms with Gasteiger partial charge in [0.05, 0.1) is 0 Å². The van der Waals surface area contributed by atoms with Crippen LogP contribution in [0.2, 0.25) is 0 Å². The third-order valence-corrected chi connectivity index (χ3v) is 4.27. The summed E-state index contributed by atoms with van der Waals surface area (Å²) in [5.41, 5.74) is 9.45. The number of halogens is 1. The number of thioether (sulfide) groups is 1. The number of hydrogen-bond donors (Lipinski definition) is 2. The van der Waals surface area contributed by atoms with Gasteiger partial charge in [0.1, 0.15) is 17.3 Å². The lowest BCUT2D eigenvalue weighted by atomic mass is 10.0. The predicted molar refractivity (Wildman–Crippen MR) is 106 cm³/mol. The Bertz CT molecular complexity index is 801. The van der Waals surface area contributed by atoms with E-state index in [1.54, 1.807) is 12.1 Å². The average molecular weight is 362 g/mol. The maximum Gasteiger partial charge on any atom is 0.160 e. The van der Waals surface area contributed by atoms with Crippen LogP contribution in [0, 0.1) is 19.7 Å². The van der Waals surface area contributed by atoms with Crippen molar-refractivity contribution in [2.24, 2.45) is 15.7 Å². The fraction of sp³-hybridized carbons (Fsp3) is 0.222. The monoisotopic (exact) mass is 361 g/mol. The van der Waals surface area contributed by atoms with E-state index in [2.05, 4.69) is 40.8 Å². The average Bonchev–Trinajstić information content (AvgIpc) is 2.53. The van der Waals surface area contributed by atoms with Crippen LogP contribution in [-0.4, -0.2) is 17.3 Å². The fourth-order valence-electron chi connectivity index (χ4n) is 2.16. The molecule has 0 fully saturated rings. The van der Waals surface area contributed by atoms with Crippen molar-refractivity contribution in [2.45, 2.75) is 25.2 Å². The van der Waals surface area contributed by atoms with Crippen molar-refractivity contribution in [2.75, 3.05) is 6.26 Å². The second kappa shape index (κ2) is 8.35. The topological polar surface area (TPSA) is 50.7 Å². The summed E-state index contributed by atoms with van der Waals surface area (Å²) in [6.07, 6.45) is 2.32. The van der Waals surface area contributed by atoms with E-state index in [9.17, 15) is 4.39 Å². The number of rotatable bonds is 3. The normalized spacial score (nSPS) is 12.5. The van der Waals surface area contributed by atoms with Crippen LogP contribution in [0.4, 0.5) is 10.1 Å². The van der Waals surface area contributed by atoms with Crippen LogP contribution in [0.25, 0.3) is 0 Å². The van der Waals surface area contributed by atoms with Crippen LogP contribution in [0.3, 0.4) is 0 Å². The largest absolute Gasteiger partial charge is 0.378 e. The number of nitrogens with two attached hydrogens (primary N) is 1. The van der Waals surface area contributed by atoms with Gasteiger partial charge >= 0.3 is 0 Å². The van der Waals surface area contributed by atoms with Gasteiger partial charge in [-0.1, -0.05) is 35.5 Å². The second-order valence-electron chi connectivity index (χ2n) is 5.42. The van der Waals surface area contributed by atoms with Gasteiger partial charge in [-0.2, -0.15) is 0 Å². The Morgan fingerprint density at radius 3 is 2.62 bits per heavy atom. The molecule has 0 saturated carbocycles. The van der Waals surface area contributed by atoms with Crippen molar-refractivity contribution in [1.29, 1.82) is 0 Å². The molecular formula is C18H20FN3S2. The molecule has 0 aliphatic rings. The Labute approximate surface area is 151 Å². The lowest BCUT2D eigenvalue weighted by Gasteiger charge is -2.08. The molecule has 0 amide bonds. The Morgan fingerprint density at radius 1 is 1.21 bits per heavy atom. The number of benzene rings is 2. The molecule has 6 heteroatoms. The lowest BCUT2D eigenvalue weighted by Crippen LogP contribution is -2.11. The summed E-state index contributed by atoms with van der Waals surface area (Å²) in [6.45, 7) is 4.06. The molecule has 24 heavy (non-hydrogen) atoms. The fourth-order valence-corrected chi connectivity index (χ4v) is 2.55. The molecule has 0 aliphatic heterocycles. The van der Waals surface area contributed by atoms with Gasteiger partial charge in [0.2, 0.25) is 0 Å². The van der Waals surface area contributed by atoms with E-state index in [0.717, 1.165) is 16.7 Å². The zero-order valence-corrected chi connectivity index (χ0v) is 15.6. The van der Waals surface area contributed by atoms with Gasteiger partial charge in [0, 0.05) is 11.3 Å². The third-order valence-electron chi connectivity index (χ3n) is 3.48. The van der Waals surface area contributed by atoms with Crippen LogP contribution in [0.1, 0.15) is 16.7 Å². The van der Waals surface area contributed by atoms with Crippen molar-refractivity contribution in [3.05, 3.63) is 58.9 Å². The summed E-state index contributed by atoms with van der Waals surface area (Å²) < 4.78 is 14.1. The van der Waals surface area contributed by atoms with E-state index in [4.69, 9.17) is 5.73 Å². The Balaban J connectivity index is 2.44. The number of thiol groups is 1. The maximum atomic E-state index is 14.1. The molecule has 2 rings (SSSR count). The van der Waals surface area contributed by atoms with Crippen molar-refractivity contribution in [3.8, 4) is 0 Å². The van der Waals surface area contributed by atoms with Gasteiger partial charge in [-0.15, -0.1) is 12.6 Å². The molecule has 0 unspecified atom stereocenters. The summed E-state index contributed by atoms with van der Waals surface area (Å²) >= 11 is 5.46. The van der Waals surface area contributed by atoms with Crippen LogP contribution >= 0.6 is 24.4 Å². The molecule has 0 atom stereocenters. The number of amidine groups is 2. The molecule has 0 aliphatic carbocycles. The van der Waals surface area contributed by atoms with Crippen molar-refractivity contribution in [1.82, 2.24) is 0 Å². The highest BCUT2D eigenvalue weighted by Gasteiger charge is 2.08. The summed E-state index contributed by atoms with van der Waals surface area (Å²) in [4.78, 5) is 9.27. The van der Waals surface area contributed by atoms with E-state index < -0.39 is 5.82 Å². The van der Waals surface area contributed by atoms with Crippen molar-refractivity contribution >= 4 is 41.1 Å². The third kappa shape index (κ3) is 5.11. The molecule has 0 bridgehead atoms. The van der Waals surface area contributed by atoms with Crippen molar-refractivity contribution in [3.63, 3.8) is 0 Å². The first-order valence-electron chi connectivity index (χ1n) is 7.39. The highest BCUT2D eigenvalue weighted by atomic mass is 32.2. The van der Waals surface area contributed by atoms with E-state index in [1.165, 1.54) is 17.8 Å². The standard InChI is InChI=1S/C18H20FN3S2/c1-11-4-5-12(2)13(8-11)9-17(22-18(20)24-3)21-16-7-6-14(23)10-15(16)19/h4-8,10,23H,9H2,1-3H3,(H2,20,21,22). The van der Waals surface area contributed by atoms with E-state index >= 15 is 0 Å². The molecule has 0 aromatic heterocycles. The summed E-state index contributed by atoms with van der Waals surface area (Å²) in [5.74, 6) is 0.0419. The smallest absolute Gasteiger partial charge is 0.160 e. The Kier molecular flexibility index (Phi) is 6.45. The highest BCUT2D eigenvalue weighted by Crippen LogP contribution is 2.22. The van der Waals surface area contributed by atoms with Gasteiger partial charge in [0.25, 0.3) is 0 Å². The van der Waals surface area contributed by atoms with E-state index in [-0.39, 0.29) is 5.69 Å². The summed E-state index contributed by atoms with van der Waals surface area (Å²) in [5, 5.41) is 0.394. The zero-order chi connectivity index (χ0) is 17.7. The van der Waals surface area contributed by atoms with Crippen LogP contribution in [-0.2, 0) is 6.42 Å². The molecule has 3 nitrogen and oxygen atoms in total. The van der Waals surface area contributed by atoms with Gasteiger partial charge < -0.3 is 5.73 Å². The molecular weight excluding hydrogens is 341 g/mol. The van der Waals surface area contributed by atoms with Gasteiger partial charge in [-0.05, 0) is 49.4 Å². The lowest BCUT2D eigenvalue weighted by molar-refractivity contribution is 0.626. The molecule has 0 spiro atoms. The number of aryl methyl sites for hydroxylation is 2. The van der Waals surface area contributed by atoms with Crippen LogP contribution < -0.4 is 5.73 Å². The first-order valence-corrected chi connectivity index (χ1v) is 9.06. The van der Waals surface area contributed by atoms with Crippen molar-refractivity contribution < 1.29 is 4.39 Å². The number of aliphatic imine (C=N–C) groups is 2. The number of hydrogen-bond acceptors (Lipinski definition) is 3. The Morgan fingerprint density at radius 2 is 1.96 bits per heavy atom. The minimum absolute atomic E-state index is 0.228. The molecule has 2 aromatic rings. The van der Waals surface area contributed by atoms with Gasteiger partial charge in [-0.3, -0.25) is 0 Å². The highest BCUT2D eigenvalue weighted by molar-refractivity contribution is 8.13. The van der Waals surface area contributed by atoms with Gasteiger partial charge in [0.15, 0.2) is 5.17 Å². The summed E-state index contributed by atoms with van der Waals surface area (Å²) in [6, 6.07) is 10.8. The Hall–Kier alpha value is -1.79. The molecule has 2 N–H and O–H groups in total. The quantitative estimate of drug-likeness (QED) is 0.474. The zero-order valence-electron chi connectivity index (χ0n) is 13.9. The molecule has 0 radical (unpaired) electrons. The SMILES string of the molecule is CSC(N)=NC(Cc1cc(C)ccc1C)=Nc1ccc(S)cc1F.